The van der Waals surface area contributed by atoms with E-state index in [1.807, 2.05) is 0 Å². The molecule has 0 radical (unpaired) electrons. The number of carbonyl (C=O) groups is 1. The highest BCUT2D eigenvalue weighted by molar-refractivity contribution is 6.33. The second-order valence-electron chi connectivity index (χ2n) is 3.58. The van der Waals surface area contributed by atoms with Gasteiger partial charge in [0.25, 0.3) is 0 Å². The van der Waals surface area contributed by atoms with E-state index in [1.54, 1.807) is 6.92 Å². The zero-order chi connectivity index (χ0) is 13.3. The fraction of sp³-hybridized carbons (Fsp3) is 0.167. The minimum absolute atomic E-state index is 0.0780. The van der Waals surface area contributed by atoms with Crippen LogP contribution in [0.4, 0.5) is 4.39 Å². The van der Waals surface area contributed by atoms with Crippen LogP contribution in [0.5, 0.6) is 0 Å². The van der Waals surface area contributed by atoms with E-state index < -0.39 is 11.8 Å². The van der Waals surface area contributed by atoms with Gasteiger partial charge in [-0.25, -0.2) is 14.2 Å². The maximum atomic E-state index is 12.9. The molecule has 0 spiro atoms. The topological polar surface area (TPSA) is 63.3 Å². The summed E-state index contributed by atoms with van der Waals surface area (Å²) in [5.41, 5.74) is 0.693. The number of aromatic nitrogens is 1. The summed E-state index contributed by atoms with van der Waals surface area (Å²) < 4.78 is 18.1. The highest BCUT2D eigenvalue weighted by Gasteiger charge is 2.20. The lowest BCUT2D eigenvalue weighted by Crippen LogP contribution is -1.98. The van der Waals surface area contributed by atoms with Gasteiger partial charge in [0.2, 0.25) is 11.7 Å². The number of oxazole rings is 1. The Kier molecular flexibility index (Phi) is 3.34. The van der Waals surface area contributed by atoms with E-state index in [2.05, 4.69) is 4.98 Å². The summed E-state index contributed by atoms with van der Waals surface area (Å²) in [4.78, 5) is 15.0. The molecule has 0 atom stereocenters. The van der Waals surface area contributed by atoms with Crippen LogP contribution in [0.3, 0.4) is 0 Å². The molecule has 4 nitrogen and oxygen atoms in total. The number of carboxylic acid groups (broad SMARTS) is 1. The molecule has 2 aromatic rings. The number of benzene rings is 1. The van der Waals surface area contributed by atoms with E-state index in [0.717, 1.165) is 6.07 Å². The standard InChI is InChI=1S/C12H9ClFNO3/c1-2-9-10(12(16)17)18-11(15-9)7-4-3-6(14)5-8(7)13/h3-5H,2H2,1H3,(H,16,17). The maximum absolute atomic E-state index is 12.9. The number of carboxylic acids is 1. The van der Waals surface area contributed by atoms with Gasteiger partial charge in [0.1, 0.15) is 5.82 Å². The Morgan fingerprint density at radius 2 is 2.28 bits per heavy atom. The molecular formula is C12H9ClFNO3. The van der Waals surface area contributed by atoms with Crippen LogP contribution in [-0.4, -0.2) is 16.1 Å². The van der Waals surface area contributed by atoms with Crippen molar-refractivity contribution >= 4 is 17.6 Å². The molecule has 1 aromatic heterocycles. The van der Waals surface area contributed by atoms with E-state index in [1.165, 1.54) is 12.1 Å². The molecule has 1 aromatic carbocycles. The van der Waals surface area contributed by atoms with Gasteiger partial charge in [-0.05, 0) is 24.6 Å². The molecule has 1 N–H and O–H groups in total. The molecule has 0 aliphatic heterocycles. The van der Waals surface area contributed by atoms with Gasteiger partial charge in [0, 0.05) is 0 Å². The predicted molar refractivity (Wildman–Crippen MR) is 63.2 cm³/mol. The number of rotatable bonds is 3. The Balaban J connectivity index is 2.54. The zero-order valence-electron chi connectivity index (χ0n) is 9.41. The first-order chi connectivity index (χ1) is 8.52. The number of halogens is 2. The van der Waals surface area contributed by atoms with Crippen molar-refractivity contribution in [2.24, 2.45) is 0 Å². The molecule has 0 amide bonds. The number of aryl methyl sites for hydroxylation is 1. The summed E-state index contributed by atoms with van der Waals surface area (Å²) in [6.45, 7) is 1.76. The van der Waals surface area contributed by atoms with Gasteiger partial charge < -0.3 is 9.52 Å². The molecule has 94 valence electrons. The molecule has 0 unspecified atom stereocenters. The van der Waals surface area contributed by atoms with E-state index >= 15 is 0 Å². The van der Waals surface area contributed by atoms with Crippen molar-refractivity contribution in [3.63, 3.8) is 0 Å². The normalized spacial score (nSPS) is 10.6. The van der Waals surface area contributed by atoms with Gasteiger partial charge in [-0.15, -0.1) is 0 Å². The van der Waals surface area contributed by atoms with Crippen molar-refractivity contribution in [2.75, 3.05) is 0 Å². The summed E-state index contributed by atoms with van der Waals surface area (Å²) in [6.07, 6.45) is 0.421. The molecule has 0 fully saturated rings. The first-order valence-electron chi connectivity index (χ1n) is 5.21. The fourth-order valence-corrected chi connectivity index (χ4v) is 1.78. The summed E-state index contributed by atoms with van der Waals surface area (Å²) in [6, 6.07) is 3.72. The van der Waals surface area contributed by atoms with Crippen molar-refractivity contribution in [3.05, 3.63) is 40.5 Å². The summed E-state index contributed by atoms with van der Waals surface area (Å²) in [5.74, 6) is -1.81. The third-order valence-electron chi connectivity index (χ3n) is 2.39. The van der Waals surface area contributed by atoms with Gasteiger partial charge in [-0.2, -0.15) is 0 Å². The van der Waals surface area contributed by atoms with Crippen LogP contribution in [0.2, 0.25) is 5.02 Å². The quantitative estimate of drug-likeness (QED) is 0.927. The summed E-state index contributed by atoms with van der Waals surface area (Å²) in [7, 11) is 0. The fourth-order valence-electron chi connectivity index (χ4n) is 1.54. The second-order valence-corrected chi connectivity index (χ2v) is 3.98. The third kappa shape index (κ3) is 2.22. The maximum Gasteiger partial charge on any atom is 0.373 e. The molecule has 0 aliphatic carbocycles. The molecule has 1 heterocycles. The van der Waals surface area contributed by atoms with Crippen molar-refractivity contribution in [2.45, 2.75) is 13.3 Å². The van der Waals surface area contributed by atoms with Crippen LogP contribution in [0, 0.1) is 5.82 Å². The SMILES string of the molecule is CCc1nc(-c2ccc(F)cc2Cl)oc1C(=O)O. The lowest BCUT2D eigenvalue weighted by Gasteiger charge is -1.98. The van der Waals surface area contributed by atoms with Gasteiger partial charge >= 0.3 is 5.97 Å². The average Bonchev–Trinajstić information content (AvgIpc) is 2.73. The Hall–Kier alpha value is -1.88. The highest BCUT2D eigenvalue weighted by atomic mass is 35.5. The Morgan fingerprint density at radius 1 is 1.56 bits per heavy atom. The molecule has 2 rings (SSSR count). The molecule has 0 aliphatic rings. The van der Waals surface area contributed by atoms with Gasteiger partial charge in [0.05, 0.1) is 16.3 Å². The molecule has 0 bridgehead atoms. The number of nitrogens with zero attached hydrogens (tertiary/aromatic N) is 1. The largest absolute Gasteiger partial charge is 0.475 e. The predicted octanol–water partition coefficient (Wildman–Crippen LogP) is 3.39. The van der Waals surface area contributed by atoms with Crippen LogP contribution < -0.4 is 0 Å². The molecule has 0 saturated heterocycles. The van der Waals surface area contributed by atoms with Gasteiger partial charge in [-0.3, -0.25) is 0 Å². The lowest BCUT2D eigenvalue weighted by molar-refractivity contribution is 0.0662. The van der Waals surface area contributed by atoms with Crippen molar-refractivity contribution < 1.29 is 18.7 Å². The monoisotopic (exact) mass is 269 g/mol. The van der Waals surface area contributed by atoms with Gasteiger partial charge in [-0.1, -0.05) is 18.5 Å². The highest BCUT2D eigenvalue weighted by Crippen LogP contribution is 2.29. The molecular weight excluding hydrogens is 261 g/mol. The third-order valence-corrected chi connectivity index (χ3v) is 2.70. The van der Waals surface area contributed by atoms with Crippen molar-refractivity contribution in [1.82, 2.24) is 4.98 Å². The average molecular weight is 270 g/mol. The molecule has 18 heavy (non-hydrogen) atoms. The van der Waals surface area contributed by atoms with Crippen molar-refractivity contribution in [1.29, 1.82) is 0 Å². The van der Waals surface area contributed by atoms with E-state index in [9.17, 15) is 9.18 Å². The number of aromatic carboxylic acids is 1. The van der Waals surface area contributed by atoms with Crippen LogP contribution in [0.1, 0.15) is 23.2 Å². The lowest BCUT2D eigenvalue weighted by atomic mass is 10.2. The smallest absolute Gasteiger partial charge is 0.373 e. The Labute approximate surface area is 107 Å². The van der Waals surface area contributed by atoms with Crippen LogP contribution in [0.15, 0.2) is 22.6 Å². The van der Waals surface area contributed by atoms with Gasteiger partial charge in [0.15, 0.2) is 0 Å². The first-order valence-corrected chi connectivity index (χ1v) is 5.59. The van der Waals surface area contributed by atoms with E-state index in [4.69, 9.17) is 21.1 Å². The minimum Gasteiger partial charge on any atom is -0.475 e. The Morgan fingerprint density at radius 3 is 2.78 bits per heavy atom. The number of hydrogen-bond acceptors (Lipinski definition) is 3. The van der Waals surface area contributed by atoms with Crippen LogP contribution >= 0.6 is 11.6 Å². The van der Waals surface area contributed by atoms with E-state index in [0.29, 0.717) is 17.7 Å². The van der Waals surface area contributed by atoms with E-state index in [-0.39, 0.29) is 16.7 Å². The first kappa shape index (κ1) is 12.6. The number of hydrogen-bond donors (Lipinski definition) is 1. The molecule has 6 heteroatoms. The minimum atomic E-state index is -1.19. The Bertz CT molecular complexity index is 609. The molecule has 0 saturated carbocycles. The van der Waals surface area contributed by atoms with Crippen LogP contribution in [0.25, 0.3) is 11.5 Å². The van der Waals surface area contributed by atoms with Crippen molar-refractivity contribution in [3.8, 4) is 11.5 Å². The summed E-state index contributed by atoms with van der Waals surface area (Å²) in [5, 5.41) is 9.06. The summed E-state index contributed by atoms with van der Waals surface area (Å²) >= 11 is 5.86. The van der Waals surface area contributed by atoms with Crippen LogP contribution in [-0.2, 0) is 6.42 Å². The zero-order valence-corrected chi connectivity index (χ0v) is 10.2. The second kappa shape index (κ2) is 4.78.